The molecule has 1 saturated carbocycles. The molecule has 17 heavy (non-hydrogen) atoms. The van der Waals surface area contributed by atoms with Gasteiger partial charge in [-0.05, 0) is 18.8 Å². The predicted molar refractivity (Wildman–Crippen MR) is 53.7 cm³/mol. The molecule has 1 aliphatic carbocycles. The first-order valence-corrected chi connectivity index (χ1v) is 5.55. The van der Waals surface area contributed by atoms with Crippen LogP contribution in [0.1, 0.15) is 25.7 Å². The second kappa shape index (κ2) is 4.94. The Morgan fingerprint density at radius 1 is 1.00 bits per heavy atom. The van der Waals surface area contributed by atoms with Crippen molar-refractivity contribution in [1.29, 1.82) is 0 Å². The van der Waals surface area contributed by atoms with Crippen LogP contribution in [-0.2, 0) is 0 Å². The smallest absolute Gasteiger partial charge is 0.203 e. The molecule has 0 atom stereocenters. The average Bonchev–Trinajstić information content (AvgIpc) is 2.82. The van der Waals surface area contributed by atoms with E-state index in [1.165, 1.54) is 0 Å². The van der Waals surface area contributed by atoms with E-state index in [9.17, 15) is 17.6 Å². The molecule has 0 bridgehead atoms. The third kappa shape index (κ3) is 2.53. The van der Waals surface area contributed by atoms with Gasteiger partial charge in [-0.1, -0.05) is 12.8 Å². The molecule has 0 N–H and O–H groups in total. The van der Waals surface area contributed by atoms with Crippen molar-refractivity contribution in [3.05, 3.63) is 29.3 Å². The highest BCUT2D eigenvalue weighted by molar-refractivity contribution is 5.27. The molecule has 0 spiro atoms. The lowest BCUT2D eigenvalue weighted by Crippen LogP contribution is -2.10. The van der Waals surface area contributed by atoms with Crippen LogP contribution in [0.3, 0.4) is 0 Å². The van der Waals surface area contributed by atoms with E-state index in [-0.39, 0.29) is 12.5 Å². The molecule has 1 aromatic rings. The molecule has 1 aliphatic rings. The van der Waals surface area contributed by atoms with Crippen molar-refractivity contribution in [3.8, 4) is 5.75 Å². The van der Waals surface area contributed by atoms with Gasteiger partial charge < -0.3 is 4.74 Å². The van der Waals surface area contributed by atoms with Gasteiger partial charge in [0.1, 0.15) is 0 Å². The number of benzene rings is 1. The van der Waals surface area contributed by atoms with Gasteiger partial charge >= 0.3 is 0 Å². The molecule has 1 aromatic carbocycles. The topological polar surface area (TPSA) is 9.23 Å². The lowest BCUT2D eigenvalue weighted by Gasteiger charge is -2.12. The third-order valence-corrected chi connectivity index (χ3v) is 3.02. The quantitative estimate of drug-likeness (QED) is 0.449. The van der Waals surface area contributed by atoms with Gasteiger partial charge in [-0.25, -0.2) is 13.2 Å². The van der Waals surface area contributed by atoms with Crippen LogP contribution >= 0.6 is 0 Å². The Balaban J connectivity index is 2.10. The van der Waals surface area contributed by atoms with E-state index in [4.69, 9.17) is 4.74 Å². The second-order valence-electron chi connectivity index (χ2n) is 4.26. The maximum absolute atomic E-state index is 13.2. The molecule has 2 rings (SSSR count). The van der Waals surface area contributed by atoms with E-state index >= 15 is 0 Å². The SMILES string of the molecule is Fc1cc(OCC2CCCC2)c(F)c(F)c1F. The molecule has 1 nitrogen and oxygen atoms in total. The van der Waals surface area contributed by atoms with Crippen LogP contribution in [0.25, 0.3) is 0 Å². The Kier molecular flexibility index (Phi) is 3.54. The number of hydrogen-bond donors (Lipinski definition) is 0. The van der Waals surface area contributed by atoms with Crippen molar-refractivity contribution < 1.29 is 22.3 Å². The van der Waals surface area contributed by atoms with Crippen molar-refractivity contribution >= 4 is 0 Å². The summed E-state index contributed by atoms with van der Waals surface area (Å²) in [5, 5.41) is 0. The summed E-state index contributed by atoms with van der Waals surface area (Å²) in [5.41, 5.74) is 0. The first kappa shape index (κ1) is 12.2. The first-order valence-electron chi connectivity index (χ1n) is 5.55. The van der Waals surface area contributed by atoms with Gasteiger partial charge in [0.25, 0.3) is 0 Å². The normalized spacial score (nSPS) is 16.5. The first-order chi connectivity index (χ1) is 8.09. The molecule has 0 amide bonds. The summed E-state index contributed by atoms with van der Waals surface area (Å²) in [6.45, 7) is 0.210. The Labute approximate surface area is 96.4 Å². The fourth-order valence-electron chi connectivity index (χ4n) is 2.04. The molecule has 94 valence electrons. The fraction of sp³-hybridized carbons (Fsp3) is 0.500. The molecular formula is C12H12F4O. The Morgan fingerprint density at radius 3 is 2.29 bits per heavy atom. The largest absolute Gasteiger partial charge is 0.490 e. The molecule has 5 heteroatoms. The molecular weight excluding hydrogens is 236 g/mol. The van der Waals surface area contributed by atoms with Crippen LogP contribution in [0.2, 0.25) is 0 Å². The molecule has 0 aromatic heterocycles. The zero-order valence-electron chi connectivity index (χ0n) is 9.11. The zero-order valence-corrected chi connectivity index (χ0v) is 9.11. The number of halogens is 4. The van der Waals surface area contributed by atoms with Gasteiger partial charge in [-0.15, -0.1) is 0 Å². The minimum atomic E-state index is -1.83. The number of ether oxygens (including phenoxy) is 1. The van der Waals surface area contributed by atoms with Gasteiger partial charge in [0.05, 0.1) is 6.61 Å². The highest BCUT2D eigenvalue weighted by Crippen LogP contribution is 2.28. The van der Waals surface area contributed by atoms with Crippen LogP contribution in [0, 0.1) is 29.2 Å². The van der Waals surface area contributed by atoms with Crippen molar-refractivity contribution in [2.45, 2.75) is 25.7 Å². The van der Waals surface area contributed by atoms with Crippen LogP contribution in [-0.4, -0.2) is 6.61 Å². The molecule has 0 heterocycles. The Morgan fingerprint density at radius 2 is 1.65 bits per heavy atom. The van der Waals surface area contributed by atoms with Gasteiger partial charge in [-0.2, -0.15) is 4.39 Å². The van der Waals surface area contributed by atoms with Crippen LogP contribution in [0.15, 0.2) is 6.07 Å². The van der Waals surface area contributed by atoms with Gasteiger partial charge in [-0.3, -0.25) is 0 Å². The Bertz CT molecular complexity index is 413. The number of hydrogen-bond acceptors (Lipinski definition) is 1. The maximum atomic E-state index is 13.2. The molecule has 1 fully saturated rings. The van der Waals surface area contributed by atoms with Gasteiger partial charge in [0.15, 0.2) is 17.4 Å². The summed E-state index contributed by atoms with van der Waals surface area (Å²) in [6.07, 6.45) is 4.10. The van der Waals surface area contributed by atoms with Crippen LogP contribution < -0.4 is 4.74 Å². The highest BCUT2D eigenvalue weighted by Gasteiger charge is 2.21. The van der Waals surface area contributed by atoms with E-state index in [1.54, 1.807) is 0 Å². The molecule has 0 saturated heterocycles. The van der Waals surface area contributed by atoms with Crippen LogP contribution in [0.4, 0.5) is 17.6 Å². The van der Waals surface area contributed by atoms with E-state index in [0.29, 0.717) is 6.07 Å². The zero-order chi connectivity index (χ0) is 12.4. The van der Waals surface area contributed by atoms with Gasteiger partial charge in [0, 0.05) is 6.07 Å². The third-order valence-electron chi connectivity index (χ3n) is 3.02. The fourth-order valence-corrected chi connectivity index (χ4v) is 2.04. The molecule has 0 radical (unpaired) electrons. The summed E-state index contributed by atoms with van der Waals surface area (Å²) in [6, 6.07) is 0.544. The van der Waals surface area contributed by atoms with Crippen molar-refractivity contribution in [3.63, 3.8) is 0 Å². The minimum absolute atomic E-state index is 0.210. The average molecular weight is 248 g/mol. The van der Waals surface area contributed by atoms with E-state index in [1.807, 2.05) is 0 Å². The van der Waals surface area contributed by atoms with Crippen molar-refractivity contribution in [2.24, 2.45) is 5.92 Å². The standard InChI is InChI=1S/C12H12F4O/c13-8-5-9(11(15)12(16)10(8)14)17-6-7-3-1-2-4-7/h5,7H,1-4,6H2. The predicted octanol–water partition coefficient (Wildman–Crippen LogP) is 3.81. The van der Waals surface area contributed by atoms with Crippen molar-refractivity contribution in [2.75, 3.05) is 6.61 Å². The lowest BCUT2D eigenvalue weighted by molar-refractivity contribution is 0.235. The summed E-state index contributed by atoms with van der Waals surface area (Å²) in [5.74, 6) is -6.83. The van der Waals surface area contributed by atoms with Crippen molar-refractivity contribution in [1.82, 2.24) is 0 Å². The molecule has 0 unspecified atom stereocenters. The van der Waals surface area contributed by atoms with E-state index in [2.05, 4.69) is 0 Å². The Hall–Kier alpha value is -1.26. The van der Waals surface area contributed by atoms with Gasteiger partial charge in [0.2, 0.25) is 11.6 Å². The summed E-state index contributed by atoms with van der Waals surface area (Å²) < 4.78 is 56.6. The highest BCUT2D eigenvalue weighted by atomic mass is 19.2. The summed E-state index contributed by atoms with van der Waals surface area (Å²) in [7, 11) is 0. The number of rotatable bonds is 3. The summed E-state index contributed by atoms with van der Waals surface area (Å²) in [4.78, 5) is 0. The second-order valence-corrected chi connectivity index (χ2v) is 4.26. The monoisotopic (exact) mass is 248 g/mol. The van der Waals surface area contributed by atoms with E-state index < -0.39 is 29.0 Å². The summed E-state index contributed by atoms with van der Waals surface area (Å²) >= 11 is 0. The van der Waals surface area contributed by atoms with E-state index in [0.717, 1.165) is 25.7 Å². The minimum Gasteiger partial charge on any atom is -0.490 e. The lowest BCUT2D eigenvalue weighted by atomic mass is 10.1. The van der Waals surface area contributed by atoms with Crippen LogP contribution in [0.5, 0.6) is 5.75 Å². The molecule has 0 aliphatic heterocycles. The maximum Gasteiger partial charge on any atom is 0.203 e.